The molecule has 0 spiro atoms. The van der Waals surface area contributed by atoms with Crippen molar-refractivity contribution in [2.45, 2.75) is 44.3 Å². The van der Waals surface area contributed by atoms with Crippen LogP contribution in [0.1, 0.15) is 48.7 Å². The predicted molar refractivity (Wildman–Crippen MR) is 113 cm³/mol. The molecule has 32 heavy (non-hydrogen) atoms. The van der Waals surface area contributed by atoms with Crippen molar-refractivity contribution in [2.75, 3.05) is 18.8 Å². The van der Waals surface area contributed by atoms with Crippen molar-refractivity contribution in [3.05, 3.63) is 41.0 Å². The highest BCUT2D eigenvalue weighted by molar-refractivity contribution is 5.90. The van der Waals surface area contributed by atoms with Crippen LogP contribution in [0.25, 0.3) is 22.2 Å². The molecule has 5 nitrogen and oxygen atoms in total. The number of pyridine rings is 1. The highest BCUT2D eigenvalue weighted by Crippen LogP contribution is 2.58. The molecule has 3 N–H and O–H groups in total. The molecule has 2 saturated carbocycles. The first-order valence-electron chi connectivity index (χ1n) is 11.1. The molecular weight excluding hydrogens is 422 g/mol. The van der Waals surface area contributed by atoms with Crippen LogP contribution in [0.3, 0.4) is 0 Å². The van der Waals surface area contributed by atoms with Gasteiger partial charge < -0.3 is 11.1 Å². The van der Waals surface area contributed by atoms with E-state index in [-0.39, 0.29) is 34.4 Å². The smallest absolute Gasteiger partial charge is 0.399 e. The van der Waals surface area contributed by atoms with Crippen LogP contribution >= 0.6 is 0 Å². The third kappa shape index (κ3) is 2.86. The lowest BCUT2D eigenvalue weighted by molar-refractivity contribution is -0.137. The van der Waals surface area contributed by atoms with Crippen LogP contribution in [0.15, 0.2) is 18.2 Å². The van der Waals surface area contributed by atoms with Gasteiger partial charge in [-0.3, -0.25) is 4.68 Å². The van der Waals surface area contributed by atoms with Crippen molar-refractivity contribution < 1.29 is 17.6 Å². The number of anilines is 1. The lowest BCUT2D eigenvalue weighted by Crippen LogP contribution is -2.14. The predicted octanol–water partition coefficient (Wildman–Crippen LogP) is 4.67. The number of nitrogens with two attached hydrogens (primary N) is 1. The minimum Gasteiger partial charge on any atom is -0.399 e. The molecular formula is C23H23F4N5. The van der Waals surface area contributed by atoms with Gasteiger partial charge in [0.15, 0.2) is 5.82 Å². The molecule has 2 aromatic heterocycles. The summed E-state index contributed by atoms with van der Waals surface area (Å²) in [5.41, 5.74) is 6.08. The second-order valence-electron chi connectivity index (χ2n) is 9.17. The summed E-state index contributed by atoms with van der Waals surface area (Å²) >= 11 is 0. The first-order valence-corrected chi connectivity index (χ1v) is 11.1. The van der Waals surface area contributed by atoms with Crippen LogP contribution in [0, 0.1) is 17.7 Å². The van der Waals surface area contributed by atoms with Crippen molar-refractivity contribution in [3.8, 4) is 11.3 Å². The van der Waals surface area contributed by atoms with Crippen LogP contribution in [0.2, 0.25) is 0 Å². The highest BCUT2D eigenvalue weighted by Gasteiger charge is 2.56. The van der Waals surface area contributed by atoms with Gasteiger partial charge in [-0.25, -0.2) is 9.37 Å². The topological polar surface area (TPSA) is 68.8 Å². The number of aryl methyl sites for hydroxylation is 1. The number of alkyl halides is 3. The van der Waals surface area contributed by atoms with Crippen LogP contribution < -0.4 is 11.1 Å². The first kappa shape index (κ1) is 20.0. The van der Waals surface area contributed by atoms with Gasteiger partial charge in [-0.15, -0.1) is 0 Å². The molecule has 9 heteroatoms. The molecule has 0 amide bonds. The van der Waals surface area contributed by atoms with Gasteiger partial charge in [0.05, 0.1) is 23.0 Å². The molecule has 3 aliphatic rings. The SMILES string of the molecule is CCc1nc(-c2cc(N)ccc2C(F)(F)F)c(F)c2c1c(C1[C@H]3CNC[C@@H]13)nn2C1CC1. The minimum absolute atomic E-state index is 0.0837. The summed E-state index contributed by atoms with van der Waals surface area (Å²) in [5.74, 6) is 0.481. The Labute approximate surface area is 182 Å². The maximum atomic E-state index is 16.1. The van der Waals surface area contributed by atoms with E-state index in [1.165, 1.54) is 6.07 Å². The largest absolute Gasteiger partial charge is 0.417 e. The van der Waals surface area contributed by atoms with Crippen molar-refractivity contribution >= 4 is 16.6 Å². The fraction of sp³-hybridized carbons (Fsp3) is 0.478. The standard InChI is InChI=1S/C23H23F4N5/c1-2-16-18-21(17-13-8-29-9-14(13)17)31-32(11-4-5-11)22(18)19(24)20(30-16)12-7-10(28)3-6-15(12)23(25,26)27/h3,6-7,11,13-14,17,29H,2,4-5,8-9,28H2,1H3/t13-,14+,17?. The monoisotopic (exact) mass is 445 g/mol. The second-order valence-corrected chi connectivity index (χ2v) is 9.17. The molecule has 0 bridgehead atoms. The normalized spacial score (nSPS) is 24.8. The van der Waals surface area contributed by atoms with Gasteiger partial charge in [-0.05, 0) is 62.4 Å². The van der Waals surface area contributed by atoms with Crippen molar-refractivity contribution in [3.63, 3.8) is 0 Å². The van der Waals surface area contributed by atoms with E-state index in [2.05, 4.69) is 10.3 Å². The summed E-state index contributed by atoms with van der Waals surface area (Å²) in [6.07, 6.45) is -2.41. The zero-order valence-corrected chi connectivity index (χ0v) is 17.5. The number of nitrogens with zero attached hydrogens (tertiary/aromatic N) is 3. The Hall–Kier alpha value is -2.68. The van der Waals surface area contributed by atoms with Crippen molar-refractivity contribution in [2.24, 2.45) is 11.8 Å². The van der Waals surface area contributed by atoms with E-state index in [1.807, 2.05) is 6.92 Å². The number of halogens is 4. The number of aromatic nitrogens is 3. The van der Waals surface area contributed by atoms with Crippen LogP contribution in [0.5, 0.6) is 0 Å². The van der Waals surface area contributed by atoms with Crippen molar-refractivity contribution in [1.82, 2.24) is 20.1 Å². The van der Waals surface area contributed by atoms with Crippen LogP contribution in [-0.2, 0) is 12.6 Å². The number of rotatable bonds is 4. The summed E-state index contributed by atoms with van der Waals surface area (Å²) in [6, 6.07) is 3.31. The van der Waals surface area contributed by atoms with E-state index < -0.39 is 17.6 Å². The fourth-order valence-electron chi connectivity index (χ4n) is 5.38. The summed E-state index contributed by atoms with van der Waals surface area (Å²) in [5, 5.41) is 8.91. The van der Waals surface area contributed by atoms with Crippen LogP contribution in [-0.4, -0.2) is 27.9 Å². The lowest BCUT2D eigenvalue weighted by Gasteiger charge is -2.16. The number of hydrogen-bond acceptors (Lipinski definition) is 4. The third-order valence-electron chi connectivity index (χ3n) is 7.13. The molecule has 3 aromatic rings. The van der Waals surface area contributed by atoms with Gasteiger partial charge in [-0.1, -0.05) is 6.92 Å². The Bertz CT molecular complexity index is 1230. The van der Waals surface area contributed by atoms with Crippen molar-refractivity contribution in [1.29, 1.82) is 0 Å². The van der Waals surface area contributed by atoms with E-state index >= 15 is 4.39 Å². The third-order valence-corrected chi connectivity index (χ3v) is 7.13. The Morgan fingerprint density at radius 3 is 2.53 bits per heavy atom. The molecule has 1 aliphatic heterocycles. The molecule has 3 fully saturated rings. The van der Waals surface area contributed by atoms with E-state index in [0.29, 0.717) is 29.3 Å². The van der Waals surface area contributed by atoms with E-state index in [1.54, 1.807) is 4.68 Å². The number of nitrogen functional groups attached to an aromatic ring is 1. The zero-order valence-electron chi connectivity index (χ0n) is 17.5. The summed E-state index contributed by atoms with van der Waals surface area (Å²) in [4.78, 5) is 4.46. The maximum absolute atomic E-state index is 16.1. The minimum atomic E-state index is -4.65. The molecule has 2 aliphatic carbocycles. The molecule has 6 rings (SSSR count). The number of fused-ring (bicyclic) bond motifs is 2. The molecule has 1 unspecified atom stereocenters. The Balaban J connectivity index is 1.62. The molecule has 3 heterocycles. The number of hydrogen-bond donors (Lipinski definition) is 2. The van der Waals surface area contributed by atoms with E-state index in [0.717, 1.165) is 43.8 Å². The second kappa shape index (κ2) is 6.66. The number of piperidine rings is 1. The highest BCUT2D eigenvalue weighted by atomic mass is 19.4. The van der Waals surface area contributed by atoms with Gasteiger partial charge in [-0.2, -0.15) is 18.3 Å². The molecule has 168 valence electrons. The van der Waals surface area contributed by atoms with Gasteiger partial charge >= 0.3 is 6.18 Å². The summed E-state index contributed by atoms with van der Waals surface area (Å²) in [6.45, 7) is 3.72. The Morgan fingerprint density at radius 2 is 1.91 bits per heavy atom. The first-order chi connectivity index (χ1) is 15.3. The zero-order chi connectivity index (χ0) is 22.4. The van der Waals surface area contributed by atoms with E-state index in [4.69, 9.17) is 10.8 Å². The molecule has 3 atom stereocenters. The van der Waals surface area contributed by atoms with Gasteiger partial charge in [0, 0.05) is 22.6 Å². The molecule has 0 radical (unpaired) electrons. The fourth-order valence-corrected chi connectivity index (χ4v) is 5.38. The molecule has 1 saturated heterocycles. The Kier molecular flexibility index (Phi) is 4.16. The van der Waals surface area contributed by atoms with Crippen LogP contribution in [0.4, 0.5) is 23.2 Å². The van der Waals surface area contributed by atoms with Gasteiger partial charge in [0.1, 0.15) is 11.2 Å². The average Bonchev–Trinajstić information content (AvgIpc) is 3.62. The summed E-state index contributed by atoms with van der Waals surface area (Å²) < 4.78 is 59.0. The van der Waals surface area contributed by atoms with Gasteiger partial charge in [0.2, 0.25) is 0 Å². The maximum Gasteiger partial charge on any atom is 0.417 e. The lowest BCUT2D eigenvalue weighted by atomic mass is 9.99. The Morgan fingerprint density at radius 1 is 1.19 bits per heavy atom. The molecule has 1 aromatic carbocycles. The summed E-state index contributed by atoms with van der Waals surface area (Å²) in [7, 11) is 0. The number of nitrogens with one attached hydrogen (secondary N) is 1. The quantitative estimate of drug-likeness (QED) is 0.453. The van der Waals surface area contributed by atoms with Gasteiger partial charge in [0.25, 0.3) is 0 Å². The van der Waals surface area contributed by atoms with E-state index in [9.17, 15) is 13.2 Å². The number of benzene rings is 1. The average molecular weight is 445 g/mol.